The van der Waals surface area contributed by atoms with Crippen LogP contribution in [0.5, 0.6) is 0 Å². The summed E-state index contributed by atoms with van der Waals surface area (Å²) in [5.74, 6) is 0. The zero-order valence-electron chi connectivity index (χ0n) is 33.7. The predicted molar refractivity (Wildman–Crippen MR) is 208 cm³/mol. The maximum atomic E-state index is 5.73. The lowest BCUT2D eigenvalue weighted by Gasteiger charge is -2.16. The molecule has 0 radical (unpaired) electrons. The molecule has 0 aromatic heterocycles. The highest BCUT2D eigenvalue weighted by atomic mass is 28.4. The summed E-state index contributed by atoms with van der Waals surface area (Å²) >= 11 is 0. The van der Waals surface area contributed by atoms with Crippen molar-refractivity contribution in [3.8, 4) is 0 Å². The van der Waals surface area contributed by atoms with E-state index >= 15 is 0 Å². The van der Waals surface area contributed by atoms with E-state index in [0.29, 0.717) is 132 Å². The molecule has 0 aliphatic heterocycles. The van der Waals surface area contributed by atoms with Gasteiger partial charge in [0.05, 0.1) is 132 Å². The van der Waals surface area contributed by atoms with Crippen LogP contribution in [-0.2, 0) is 51.8 Å². The fourth-order valence-electron chi connectivity index (χ4n) is 4.89. The first-order chi connectivity index (χ1) is 25.1. The molecule has 0 atom stereocenters. The van der Waals surface area contributed by atoms with Gasteiger partial charge in [-0.1, -0.05) is 90.4 Å². The lowest BCUT2D eigenvalue weighted by Crippen LogP contribution is -2.27. The SMILES string of the molecule is CCCCCCCCCCCCCCCCOCCOCCOCCOCCOCCOCCOCCOCCOCCOCCO[Si](C)(C)C. The minimum Gasteiger partial charge on any atom is -0.415 e. The van der Waals surface area contributed by atoms with Crippen molar-refractivity contribution in [1.29, 1.82) is 0 Å². The first-order valence-electron chi connectivity index (χ1n) is 20.5. The van der Waals surface area contributed by atoms with E-state index in [-0.39, 0.29) is 0 Å². The Hall–Kier alpha value is -0.223. The van der Waals surface area contributed by atoms with Crippen molar-refractivity contribution in [3.05, 3.63) is 0 Å². The molecule has 0 spiro atoms. The topological polar surface area (TPSA) is 102 Å². The van der Waals surface area contributed by atoms with Crippen LogP contribution < -0.4 is 0 Å². The van der Waals surface area contributed by atoms with Crippen LogP contribution in [0.1, 0.15) is 96.8 Å². The van der Waals surface area contributed by atoms with Crippen LogP contribution in [0.15, 0.2) is 0 Å². The average molecular weight is 755 g/mol. The monoisotopic (exact) mass is 755 g/mol. The van der Waals surface area contributed by atoms with Gasteiger partial charge in [0.25, 0.3) is 0 Å². The molecule has 0 aromatic carbocycles. The van der Waals surface area contributed by atoms with Gasteiger partial charge in [0.1, 0.15) is 0 Å². The summed E-state index contributed by atoms with van der Waals surface area (Å²) in [6.45, 7) is 20.8. The molecule has 0 aliphatic rings. The van der Waals surface area contributed by atoms with Crippen LogP contribution in [0.2, 0.25) is 19.6 Å². The maximum Gasteiger partial charge on any atom is 0.183 e. The number of unbranched alkanes of at least 4 members (excludes halogenated alkanes) is 13. The molecule has 11 nitrogen and oxygen atoms in total. The molecule has 0 heterocycles. The second kappa shape index (κ2) is 44.2. The van der Waals surface area contributed by atoms with Gasteiger partial charge in [-0.05, 0) is 26.1 Å². The van der Waals surface area contributed by atoms with E-state index in [0.717, 1.165) is 13.0 Å². The van der Waals surface area contributed by atoms with E-state index in [4.69, 9.17) is 51.8 Å². The molecule has 0 aliphatic carbocycles. The average Bonchev–Trinajstić information content (AvgIpc) is 3.11. The minimum atomic E-state index is -1.45. The van der Waals surface area contributed by atoms with Gasteiger partial charge in [0, 0.05) is 6.61 Å². The van der Waals surface area contributed by atoms with Crippen molar-refractivity contribution in [2.24, 2.45) is 0 Å². The molecule has 12 heteroatoms. The molecule has 0 saturated heterocycles. The Balaban J connectivity index is 3.06. The molecule has 308 valence electrons. The third kappa shape index (κ3) is 49.8. The number of hydrogen-bond acceptors (Lipinski definition) is 11. The first kappa shape index (κ1) is 50.8. The van der Waals surface area contributed by atoms with Gasteiger partial charge < -0.3 is 51.8 Å². The third-order valence-corrected chi connectivity index (χ3v) is 8.82. The lowest BCUT2D eigenvalue weighted by molar-refractivity contribution is -0.0267. The standard InChI is InChI=1S/C39H82O11Si/c1-5-6-7-8-9-10-11-12-13-14-15-16-17-18-19-40-20-21-41-22-23-42-24-25-43-26-27-44-28-29-45-30-31-46-32-33-47-34-35-48-36-37-49-38-39-50-51(2,3)4/h5-39H2,1-4H3. The maximum absolute atomic E-state index is 5.73. The van der Waals surface area contributed by atoms with E-state index in [2.05, 4.69) is 26.6 Å². The molecule has 0 N–H and O–H groups in total. The van der Waals surface area contributed by atoms with Crippen molar-refractivity contribution in [3.63, 3.8) is 0 Å². The quantitative estimate of drug-likeness (QED) is 0.0457. The Morgan fingerprint density at radius 2 is 0.431 bits per heavy atom. The van der Waals surface area contributed by atoms with Crippen molar-refractivity contribution in [2.75, 3.05) is 139 Å². The van der Waals surface area contributed by atoms with E-state index < -0.39 is 8.32 Å². The van der Waals surface area contributed by atoms with Gasteiger partial charge in [-0.3, -0.25) is 0 Å². The molecule has 0 fully saturated rings. The molecule has 0 amide bonds. The van der Waals surface area contributed by atoms with Crippen molar-refractivity contribution < 1.29 is 51.8 Å². The summed E-state index contributed by atoms with van der Waals surface area (Å²) in [7, 11) is -1.45. The van der Waals surface area contributed by atoms with Gasteiger partial charge >= 0.3 is 0 Å². The van der Waals surface area contributed by atoms with Gasteiger partial charge in [-0.25, -0.2) is 0 Å². The first-order valence-corrected chi connectivity index (χ1v) is 23.9. The highest BCUT2D eigenvalue weighted by Gasteiger charge is 2.13. The fraction of sp³-hybridized carbons (Fsp3) is 1.00. The van der Waals surface area contributed by atoms with E-state index in [1.165, 1.54) is 83.5 Å². The van der Waals surface area contributed by atoms with Crippen molar-refractivity contribution in [1.82, 2.24) is 0 Å². The summed E-state index contributed by atoms with van der Waals surface area (Å²) in [6, 6.07) is 0. The van der Waals surface area contributed by atoms with Crippen LogP contribution in [0.25, 0.3) is 0 Å². The minimum absolute atomic E-state index is 0.527. The van der Waals surface area contributed by atoms with Crippen molar-refractivity contribution >= 4 is 8.32 Å². The van der Waals surface area contributed by atoms with Crippen LogP contribution in [0.4, 0.5) is 0 Å². The van der Waals surface area contributed by atoms with Crippen molar-refractivity contribution in [2.45, 2.75) is 116 Å². The Morgan fingerprint density at radius 1 is 0.235 bits per heavy atom. The molecule has 0 bridgehead atoms. The summed E-state index contributed by atoms with van der Waals surface area (Å²) < 4.78 is 61.0. The summed E-state index contributed by atoms with van der Waals surface area (Å²) in [5, 5.41) is 0. The van der Waals surface area contributed by atoms with Gasteiger partial charge in [-0.2, -0.15) is 0 Å². The van der Waals surface area contributed by atoms with Crippen LogP contribution in [0.3, 0.4) is 0 Å². The fourth-order valence-corrected chi connectivity index (χ4v) is 5.58. The molecule has 0 saturated carbocycles. The van der Waals surface area contributed by atoms with E-state index in [1.807, 2.05) is 0 Å². The zero-order valence-corrected chi connectivity index (χ0v) is 34.7. The molecule has 0 rings (SSSR count). The normalized spacial score (nSPS) is 12.0. The Morgan fingerprint density at radius 3 is 0.667 bits per heavy atom. The largest absolute Gasteiger partial charge is 0.415 e. The van der Waals surface area contributed by atoms with Gasteiger partial charge in [0.15, 0.2) is 8.32 Å². The van der Waals surface area contributed by atoms with Gasteiger partial charge in [-0.15, -0.1) is 0 Å². The smallest absolute Gasteiger partial charge is 0.183 e. The molecular weight excluding hydrogens is 673 g/mol. The molecular formula is C39H82O11Si. The second-order valence-electron chi connectivity index (χ2n) is 13.7. The highest BCUT2D eigenvalue weighted by Crippen LogP contribution is 2.13. The lowest BCUT2D eigenvalue weighted by atomic mass is 10.0. The molecule has 0 aromatic rings. The summed E-state index contributed by atoms with van der Waals surface area (Å²) in [4.78, 5) is 0. The summed E-state index contributed by atoms with van der Waals surface area (Å²) in [6.07, 6.45) is 19.3. The predicted octanol–water partition coefficient (Wildman–Crippen LogP) is 7.49. The van der Waals surface area contributed by atoms with E-state index in [1.54, 1.807) is 0 Å². The Kier molecular flexibility index (Phi) is 44.0. The second-order valence-corrected chi connectivity index (χ2v) is 18.2. The zero-order chi connectivity index (χ0) is 37.0. The Bertz CT molecular complexity index is 628. The molecule has 0 unspecified atom stereocenters. The number of hydrogen-bond donors (Lipinski definition) is 0. The van der Waals surface area contributed by atoms with Crippen LogP contribution in [0, 0.1) is 0 Å². The number of rotatable bonds is 46. The number of ether oxygens (including phenoxy) is 10. The van der Waals surface area contributed by atoms with Gasteiger partial charge in [0.2, 0.25) is 0 Å². The summed E-state index contributed by atoms with van der Waals surface area (Å²) in [5.41, 5.74) is 0. The Labute approximate surface area is 314 Å². The highest BCUT2D eigenvalue weighted by molar-refractivity contribution is 6.69. The van der Waals surface area contributed by atoms with Crippen LogP contribution in [-0.4, -0.2) is 147 Å². The third-order valence-electron chi connectivity index (χ3n) is 7.75. The van der Waals surface area contributed by atoms with E-state index in [9.17, 15) is 0 Å². The van der Waals surface area contributed by atoms with Crippen LogP contribution >= 0.6 is 0 Å². The molecule has 51 heavy (non-hydrogen) atoms.